The first-order valence-electron chi connectivity index (χ1n) is 12.9. The van der Waals surface area contributed by atoms with Crippen molar-refractivity contribution < 1.29 is 17.9 Å². The average Bonchev–Trinajstić information content (AvgIpc) is 3.30. The molecule has 2 bridgehead atoms. The van der Waals surface area contributed by atoms with Crippen molar-refractivity contribution >= 4 is 11.6 Å². The number of halogens is 3. The zero-order valence-corrected chi connectivity index (χ0v) is 20.7. The summed E-state index contributed by atoms with van der Waals surface area (Å²) in [7, 11) is 1.59. The average molecular weight is 514 g/mol. The monoisotopic (exact) mass is 513 g/mol. The van der Waals surface area contributed by atoms with E-state index in [0.717, 1.165) is 69.3 Å². The van der Waals surface area contributed by atoms with Gasteiger partial charge in [0.1, 0.15) is 5.82 Å². The third-order valence-corrected chi connectivity index (χ3v) is 8.06. The van der Waals surface area contributed by atoms with Gasteiger partial charge in [-0.2, -0.15) is 23.3 Å². The maximum absolute atomic E-state index is 13.4. The second-order valence-electron chi connectivity index (χ2n) is 10.3. The third kappa shape index (κ3) is 4.71. The molecule has 0 amide bonds. The number of methoxy groups -OCH3 is 1. The fourth-order valence-corrected chi connectivity index (χ4v) is 6.25. The third-order valence-electron chi connectivity index (χ3n) is 8.06. The highest BCUT2D eigenvalue weighted by atomic mass is 19.4. The molecule has 0 radical (unpaired) electrons. The molecular formula is C26H30F3N7O. The highest BCUT2D eigenvalue weighted by molar-refractivity contribution is 5.48. The molecule has 2 unspecified atom stereocenters. The lowest BCUT2D eigenvalue weighted by Crippen LogP contribution is -2.48. The van der Waals surface area contributed by atoms with Crippen LogP contribution in [-0.2, 0) is 12.7 Å². The van der Waals surface area contributed by atoms with Crippen molar-refractivity contribution in [2.45, 2.75) is 56.8 Å². The Bertz CT molecular complexity index is 1250. The molecule has 2 aromatic heterocycles. The minimum Gasteiger partial charge on any atom is -0.480 e. The van der Waals surface area contributed by atoms with Gasteiger partial charge in [0.2, 0.25) is 11.8 Å². The Kier molecular flexibility index (Phi) is 6.16. The largest absolute Gasteiger partial charge is 0.480 e. The number of hydrogen-bond donors (Lipinski definition) is 1. The van der Waals surface area contributed by atoms with Crippen LogP contribution < -0.4 is 15.0 Å². The molecular weight excluding hydrogens is 483 g/mol. The number of piperidine rings is 1. The lowest BCUT2D eigenvalue weighted by atomic mass is 9.92. The SMILES string of the molecule is COc1cc(N2C[C@H]3CC[C@@H](C2)C3Nc2nc3n(n2)CCCCC3c2cccc(C(F)(F)F)c2)cnn1. The predicted molar refractivity (Wildman–Crippen MR) is 132 cm³/mol. The van der Waals surface area contributed by atoms with E-state index in [0.29, 0.717) is 29.2 Å². The van der Waals surface area contributed by atoms with Crippen LogP contribution in [0.3, 0.4) is 0 Å². The van der Waals surface area contributed by atoms with E-state index in [1.807, 2.05) is 10.7 Å². The number of alkyl halides is 3. The molecule has 3 aliphatic rings. The molecule has 0 spiro atoms. The van der Waals surface area contributed by atoms with Crippen molar-refractivity contribution in [1.82, 2.24) is 25.0 Å². The van der Waals surface area contributed by atoms with Crippen molar-refractivity contribution in [1.29, 1.82) is 0 Å². The van der Waals surface area contributed by atoms with Crippen molar-refractivity contribution in [2.24, 2.45) is 11.8 Å². The van der Waals surface area contributed by atoms with Gasteiger partial charge in [-0.1, -0.05) is 24.6 Å². The number of nitrogens with one attached hydrogen (secondary N) is 1. The van der Waals surface area contributed by atoms with E-state index in [9.17, 15) is 13.2 Å². The van der Waals surface area contributed by atoms with Crippen LogP contribution in [0.2, 0.25) is 0 Å². The van der Waals surface area contributed by atoms with Crippen LogP contribution in [0.5, 0.6) is 5.88 Å². The number of aryl methyl sites for hydroxylation is 1. The molecule has 1 aromatic carbocycles. The summed E-state index contributed by atoms with van der Waals surface area (Å²) < 4.78 is 47.2. The van der Waals surface area contributed by atoms with E-state index in [4.69, 9.17) is 14.8 Å². The van der Waals surface area contributed by atoms with Gasteiger partial charge in [0.05, 0.1) is 24.6 Å². The molecule has 2 aliphatic heterocycles. The van der Waals surface area contributed by atoms with E-state index in [-0.39, 0.29) is 12.0 Å². The Labute approximate surface area is 213 Å². The van der Waals surface area contributed by atoms with Crippen molar-refractivity contribution in [3.05, 3.63) is 53.5 Å². The second kappa shape index (κ2) is 9.50. The molecule has 196 valence electrons. The zero-order chi connectivity index (χ0) is 25.6. The van der Waals surface area contributed by atoms with Gasteiger partial charge < -0.3 is 15.0 Å². The molecule has 8 nitrogen and oxygen atoms in total. The number of anilines is 2. The number of benzene rings is 1. The van der Waals surface area contributed by atoms with E-state index in [2.05, 4.69) is 20.4 Å². The molecule has 2 fully saturated rings. The number of fused-ring (bicyclic) bond motifs is 3. The molecule has 4 heterocycles. The number of nitrogens with zero attached hydrogens (tertiary/aromatic N) is 6. The maximum atomic E-state index is 13.4. The van der Waals surface area contributed by atoms with Gasteiger partial charge in [0, 0.05) is 37.7 Å². The Morgan fingerprint density at radius 1 is 1.05 bits per heavy atom. The standard InChI is InChI=1S/C26H30F3N7O/c1-37-22-12-20(13-30-33-22)35-14-17-8-9-18(15-35)23(17)31-25-32-24-21(7-2-3-10-36(24)34-25)16-5-4-6-19(11-16)26(27,28)29/h4-6,11-13,17-18,21,23H,2-3,7-10,14-15H2,1H3,(H,31,34)/t17-,18+,21?,23?. The minimum absolute atomic E-state index is 0.208. The van der Waals surface area contributed by atoms with Crippen molar-refractivity contribution in [3.63, 3.8) is 0 Å². The van der Waals surface area contributed by atoms with Crippen LogP contribution in [0.1, 0.15) is 55.0 Å². The summed E-state index contributed by atoms with van der Waals surface area (Å²) in [5.74, 6) is 2.49. The molecule has 11 heteroatoms. The van der Waals surface area contributed by atoms with Gasteiger partial charge in [0.25, 0.3) is 0 Å². The van der Waals surface area contributed by atoms with Crippen LogP contribution in [0.25, 0.3) is 0 Å². The van der Waals surface area contributed by atoms with Gasteiger partial charge in [-0.3, -0.25) is 0 Å². The van der Waals surface area contributed by atoms with Crippen LogP contribution in [0, 0.1) is 11.8 Å². The fourth-order valence-electron chi connectivity index (χ4n) is 6.25. The Hall–Kier alpha value is -3.37. The highest BCUT2D eigenvalue weighted by Crippen LogP contribution is 2.41. The molecule has 1 saturated heterocycles. The van der Waals surface area contributed by atoms with E-state index in [1.54, 1.807) is 19.4 Å². The van der Waals surface area contributed by atoms with Crippen LogP contribution >= 0.6 is 0 Å². The van der Waals surface area contributed by atoms with E-state index in [1.165, 1.54) is 12.1 Å². The number of rotatable bonds is 5. The van der Waals surface area contributed by atoms with Crippen molar-refractivity contribution in [2.75, 3.05) is 30.4 Å². The summed E-state index contributed by atoms with van der Waals surface area (Å²) in [5, 5.41) is 16.4. The van der Waals surface area contributed by atoms with Gasteiger partial charge in [0.15, 0.2) is 0 Å². The summed E-state index contributed by atoms with van der Waals surface area (Å²) in [5.41, 5.74) is 1.04. The van der Waals surface area contributed by atoms with Gasteiger partial charge in [-0.25, -0.2) is 4.68 Å². The summed E-state index contributed by atoms with van der Waals surface area (Å²) in [6.07, 6.45) is 2.25. The van der Waals surface area contributed by atoms with E-state index >= 15 is 0 Å². The Morgan fingerprint density at radius 3 is 2.62 bits per heavy atom. The number of ether oxygens (including phenoxy) is 1. The predicted octanol–water partition coefficient (Wildman–Crippen LogP) is 4.74. The minimum atomic E-state index is -4.37. The number of hydrogen-bond acceptors (Lipinski definition) is 7. The van der Waals surface area contributed by atoms with Crippen LogP contribution in [0.15, 0.2) is 36.5 Å². The quantitative estimate of drug-likeness (QED) is 0.528. The molecule has 3 aromatic rings. The first-order chi connectivity index (χ1) is 17.9. The normalized spacial score (nSPS) is 25.5. The first-order valence-corrected chi connectivity index (χ1v) is 12.9. The summed E-state index contributed by atoms with van der Waals surface area (Å²) >= 11 is 0. The van der Waals surface area contributed by atoms with Gasteiger partial charge in [-0.15, -0.1) is 10.2 Å². The second-order valence-corrected chi connectivity index (χ2v) is 10.3. The highest BCUT2D eigenvalue weighted by Gasteiger charge is 2.43. The smallest absolute Gasteiger partial charge is 0.416 e. The molecule has 1 N–H and O–H groups in total. The van der Waals surface area contributed by atoms with E-state index < -0.39 is 11.7 Å². The fraction of sp³-hybridized carbons (Fsp3) is 0.538. The molecule has 37 heavy (non-hydrogen) atoms. The molecule has 4 atom stereocenters. The molecule has 6 rings (SSSR count). The Balaban J connectivity index is 1.21. The topological polar surface area (TPSA) is 81.0 Å². The Morgan fingerprint density at radius 2 is 1.86 bits per heavy atom. The molecule has 1 aliphatic carbocycles. The van der Waals surface area contributed by atoms with Crippen LogP contribution in [0.4, 0.5) is 24.8 Å². The van der Waals surface area contributed by atoms with Gasteiger partial charge >= 0.3 is 6.18 Å². The lowest BCUT2D eigenvalue weighted by molar-refractivity contribution is -0.137. The summed E-state index contributed by atoms with van der Waals surface area (Å²) in [6.45, 7) is 2.51. The van der Waals surface area contributed by atoms with Crippen molar-refractivity contribution in [3.8, 4) is 5.88 Å². The number of aromatic nitrogens is 5. The molecule has 1 saturated carbocycles. The zero-order valence-electron chi connectivity index (χ0n) is 20.7. The summed E-state index contributed by atoms with van der Waals surface area (Å²) in [6, 6.07) is 7.83. The van der Waals surface area contributed by atoms with Gasteiger partial charge in [-0.05, 0) is 49.1 Å². The first kappa shape index (κ1) is 24.0. The maximum Gasteiger partial charge on any atom is 0.416 e. The van der Waals surface area contributed by atoms with Crippen LogP contribution in [-0.4, -0.2) is 51.2 Å². The summed E-state index contributed by atoms with van der Waals surface area (Å²) in [4.78, 5) is 7.21. The lowest BCUT2D eigenvalue weighted by Gasteiger charge is -2.39.